The van der Waals surface area contributed by atoms with Crippen LogP contribution in [0.15, 0.2) is 36.4 Å². The Labute approximate surface area is 154 Å². The summed E-state index contributed by atoms with van der Waals surface area (Å²) < 4.78 is 21.6. The van der Waals surface area contributed by atoms with Crippen molar-refractivity contribution < 1.29 is 23.7 Å². The highest BCUT2D eigenvalue weighted by molar-refractivity contribution is 5.91. The number of ether oxygens (including phenoxy) is 4. The second-order valence-electron chi connectivity index (χ2n) is 5.32. The second-order valence-corrected chi connectivity index (χ2v) is 5.32. The van der Waals surface area contributed by atoms with Crippen molar-refractivity contribution in [3.05, 3.63) is 47.7 Å². The summed E-state index contributed by atoms with van der Waals surface area (Å²) in [5.74, 6) is 0.319. The molecule has 1 heterocycles. The molecule has 0 unspecified atom stereocenters. The Morgan fingerprint density at radius 1 is 0.962 bits per heavy atom. The Balaban J connectivity index is 2.48. The molecule has 6 nitrogen and oxygen atoms in total. The molecule has 1 aromatic carbocycles. The smallest absolute Gasteiger partial charge is 0.340 e. The Bertz CT molecular complexity index is 709. The first-order valence-corrected chi connectivity index (χ1v) is 8.70. The molecule has 0 radical (unpaired) electrons. The van der Waals surface area contributed by atoms with Crippen LogP contribution >= 0.6 is 0 Å². The van der Waals surface area contributed by atoms with Crippen molar-refractivity contribution in [3.63, 3.8) is 0 Å². The minimum atomic E-state index is -0.734. The summed E-state index contributed by atoms with van der Waals surface area (Å²) in [6.07, 6.45) is -0.734. The van der Waals surface area contributed by atoms with Gasteiger partial charge in [0.2, 0.25) is 6.29 Å². The van der Waals surface area contributed by atoms with Gasteiger partial charge in [-0.15, -0.1) is 0 Å². The van der Waals surface area contributed by atoms with Crippen LogP contribution < -0.4 is 4.74 Å². The summed E-state index contributed by atoms with van der Waals surface area (Å²) in [5, 5.41) is 0. The zero-order valence-corrected chi connectivity index (χ0v) is 15.7. The Morgan fingerprint density at radius 2 is 1.62 bits per heavy atom. The molecule has 0 saturated carbocycles. The fraction of sp³-hybridized carbons (Fsp3) is 0.400. The van der Waals surface area contributed by atoms with Gasteiger partial charge < -0.3 is 18.9 Å². The van der Waals surface area contributed by atoms with Gasteiger partial charge in [-0.2, -0.15) is 0 Å². The minimum absolute atomic E-state index is 0.284. The molecule has 0 spiro atoms. The van der Waals surface area contributed by atoms with Crippen LogP contribution in [-0.2, 0) is 14.2 Å². The summed E-state index contributed by atoms with van der Waals surface area (Å²) in [6, 6.07) is 11.0. The minimum Gasteiger partial charge on any atom is -0.497 e. The average molecular weight is 359 g/mol. The van der Waals surface area contributed by atoms with Crippen LogP contribution in [0.3, 0.4) is 0 Å². The van der Waals surface area contributed by atoms with E-state index >= 15 is 0 Å². The Morgan fingerprint density at radius 3 is 2.15 bits per heavy atom. The molecule has 0 fully saturated rings. The van der Waals surface area contributed by atoms with Crippen LogP contribution in [-0.4, -0.2) is 37.9 Å². The van der Waals surface area contributed by atoms with Crippen molar-refractivity contribution in [2.45, 2.75) is 27.1 Å². The zero-order chi connectivity index (χ0) is 18.9. The summed E-state index contributed by atoms with van der Waals surface area (Å²) in [6.45, 7) is 6.64. The van der Waals surface area contributed by atoms with E-state index in [1.165, 1.54) is 0 Å². The molecule has 140 valence electrons. The van der Waals surface area contributed by atoms with E-state index in [9.17, 15) is 4.79 Å². The van der Waals surface area contributed by atoms with Gasteiger partial charge in [0.05, 0.1) is 25.0 Å². The standard InChI is InChI=1S/C20H25NO5/c1-5-24-19(22)16-12-13-17(14-8-10-15(23-4)11-9-14)21-18(16)20(25-6-2)26-7-3/h8-13,20H,5-7H2,1-4H3. The van der Waals surface area contributed by atoms with E-state index < -0.39 is 12.3 Å². The first kappa shape index (κ1) is 19.9. The number of esters is 1. The molecule has 0 bridgehead atoms. The predicted molar refractivity (Wildman–Crippen MR) is 98.2 cm³/mol. The highest BCUT2D eigenvalue weighted by atomic mass is 16.7. The van der Waals surface area contributed by atoms with Crippen LogP contribution in [0, 0.1) is 0 Å². The van der Waals surface area contributed by atoms with Crippen molar-refractivity contribution in [2.75, 3.05) is 26.9 Å². The van der Waals surface area contributed by atoms with Crippen molar-refractivity contribution in [3.8, 4) is 17.0 Å². The highest BCUT2D eigenvalue weighted by Crippen LogP contribution is 2.27. The van der Waals surface area contributed by atoms with E-state index in [2.05, 4.69) is 4.98 Å². The molecule has 1 aromatic heterocycles. The maximum atomic E-state index is 12.3. The quantitative estimate of drug-likeness (QED) is 0.498. The van der Waals surface area contributed by atoms with Gasteiger partial charge in [0.15, 0.2) is 0 Å². The molecule has 2 rings (SSSR count). The van der Waals surface area contributed by atoms with Crippen molar-refractivity contribution in [1.29, 1.82) is 0 Å². The van der Waals surface area contributed by atoms with Crippen molar-refractivity contribution in [1.82, 2.24) is 4.98 Å². The van der Waals surface area contributed by atoms with E-state index in [-0.39, 0.29) is 6.61 Å². The van der Waals surface area contributed by atoms with Gasteiger partial charge in [0.1, 0.15) is 11.4 Å². The highest BCUT2D eigenvalue weighted by Gasteiger charge is 2.23. The Hall–Kier alpha value is -2.44. The molecule has 0 atom stereocenters. The lowest BCUT2D eigenvalue weighted by Crippen LogP contribution is -2.17. The molecule has 0 aliphatic rings. The summed E-state index contributed by atoms with van der Waals surface area (Å²) >= 11 is 0. The largest absolute Gasteiger partial charge is 0.497 e. The van der Waals surface area contributed by atoms with Crippen molar-refractivity contribution >= 4 is 5.97 Å². The third kappa shape index (κ3) is 4.80. The fourth-order valence-electron chi connectivity index (χ4n) is 2.47. The number of carbonyl (C=O) groups excluding carboxylic acids is 1. The molecule has 26 heavy (non-hydrogen) atoms. The molecular formula is C20H25NO5. The van der Waals surface area contributed by atoms with E-state index in [0.29, 0.717) is 30.2 Å². The third-order valence-electron chi connectivity index (χ3n) is 3.67. The fourth-order valence-corrected chi connectivity index (χ4v) is 2.47. The monoisotopic (exact) mass is 359 g/mol. The topological polar surface area (TPSA) is 66.9 Å². The normalized spacial score (nSPS) is 10.8. The van der Waals surface area contributed by atoms with Gasteiger partial charge in [0, 0.05) is 18.8 Å². The lowest BCUT2D eigenvalue weighted by Gasteiger charge is -2.19. The van der Waals surface area contributed by atoms with Gasteiger partial charge in [-0.3, -0.25) is 0 Å². The number of nitrogens with zero attached hydrogens (tertiary/aromatic N) is 1. The molecule has 0 saturated heterocycles. The predicted octanol–water partition coefficient (Wildman–Crippen LogP) is 4.01. The number of methoxy groups -OCH3 is 1. The molecule has 0 aliphatic heterocycles. The van der Waals surface area contributed by atoms with Crippen molar-refractivity contribution in [2.24, 2.45) is 0 Å². The average Bonchev–Trinajstić information content (AvgIpc) is 2.67. The molecule has 0 amide bonds. The molecule has 6 heteroatoms. The van der Waals surface area contributed by atoms with Gasteiger partial charge in [-0.25, -0.2) is 9.78 Å². The first-order valence-electron chi connectivity index (χ1n) is 8.70. The Kier molecular flexibility index (Phi) is 7.56. The molecule has 0 aliphatic carbocycles. The number of rotatable bonds is 9. The van der Waals surface area contributed by atoms with Crippen LogP contribution in [0.5, 0.6) is 5.75 Å². The molecular weight excluding hydrogens is 334 g/mol. The maximum absolute atomic E-state index is 12.3. The summed E-state index contributed by atoms with van der Waals surface area (Å²) in [5.41, 5.74) is 2.37. The van der Waals surface area contributed by atoms with E-state index in [0.717, 1.165) is 11.3 Å². The number of carbonyl (C=O) groups is 1. The van der Waals surface area contributed by atoms with Gasteiger partial charge in [-0.1, -0.05) is 0 Å². The van der Waals surface area contributed by atoms with E-state index in [4.69, 9.17) is 18.9 Å². The van der Waals surface area contributed by atoms with E-state index in [1.54, 1.807) is 26.2 Å². The summed E-state index contributed by atoms with van der Waals surface area (Å²) in [7, 11) is 1.62. The second kappa shape index (κ2) is 9.89. The molecule has 0 N–H and O–H groups in total. The van der Waals surface area contributed by atoms with E-state index in [1.807, 2.05) is 38.1 Å². The van der Waals surface area contributed by atoms with Gasteiger partial charge >= 0.3 is 5.97 Å². The lowest BCUT2D eigenvalue weighted by molar-refractivity contribution is -0.143. The SMILES string of the molecule is CCOC(=O)c1ccc(-c2ccc(OC)cc2)nc1C(OCC)OCC. The number of benzene rings is 1. The molecule has 2 aromatic rings. The van der Waals surface area contributed by atoms with Crippen LogP contribution in [0.25, 0.3) is 11.3 Å². The number of hydrogen-bond acceptors (Lipinski definition) is 6. The van der Waals surface area contributed by atoms with Crippen LogP contribution in [0.1, 0.15) is 43.1 Å². The van der Waals surface area contributed by atoms with Crippen LogP contribution in [0.2, 0.25) is 0 Å². The van der Waals surface area contributed by atoms with Crippen LogP contribution in [0.4, 0.5) is 0 Å². The number of pyridine rings is 1. The third-order valence-corrected chi connectivity index (χ3v) is 3.67. The number of hydrogen-bond donors (Lipinski definition) is 0. The number of aromatic nitrogens is 1. The summed E-state index contributed by atoms with van der Waals surface area (Å²) in [4.78, 5) is 17.0. The first-order chi connectivity index (χ1) is 12.6. The maximum Gasteiger partial charge on any atom is 0.340 e. The lowest BCUT2D eigenvalue weighted by atomic mass is 10.1. The van der Waals surface area contributed by atoms with Gasteiger partial charge in [-0.05, 0) is 57.2 Å². The zero-order valence-electron chi connectivity index (χ0n) is 15.7. The van der Waals surface area contributed by atoms with Gasteiger partial charge in [0.25, 0.3) is 0 Å².